The first-order valence-corrected chi connectivity index (χ1v) is 7.46. The molecule has 1 aromatic heterocycles. The summed E-state index contributed by atoms with van der Waals surface area (Å²) in [6.45, 7) is 6.91. The molecule has 0 aliphatic carbocycles. The molecule has 2 N–H and O–H groups in total. The van der Waals surface area contributed by atoms with Gasteiger partial charge in [-0.1, -0.05) is 6.92 Å². The molecule has 5 nitrogen and oxygen atoms in total. The first-order valence-electron chi connectivity index (χ1n) is 7.46. The summed E-state index contributed by atoms with van der Waals surface area (Å²) in [6.07, 6.45) is 3.18. The Kier molecular flexibility index (Phi) is 5.76. The van der Waals surface area contributed by atoms with Crippen LogP contribution in [0.2, 0.25) is 0 Å². The summed E-state index contributed by atoms with van der Waals surface area (Å²) < 4.78 is 0. The predicted octanol–water partition coefficient (Wildman–Crippen LogP) is 1.03. The average molecular weight is 279 g/mol. The number of hydrogen-bond acceptors (Lipinski definition) is 5. The van der Waals surface area contributed by atoms with Crippen LogP contribution in [-0.4, -0.2) is 59.4 Å². The van der Waals surface area contributed by atoms with Gasteiger partial charge in [0.15, 0.2) is 0 Å². The lowest BCUT2D eigenvalue weighted by Gasteiger charge is -2.23. The highest BCUT2D eigenvalue weighted by atomic mass is 16.3. The van der Waals surface area contributed by atoms with Crippen LogP contribution in [0.15, 0.2) is 18.3 Å². The van der Waals surface area contributed by atoms with Gasteiger partial charge in [-0.05, 0) is 31.5 Å². The van der Waals surface area contributed by atoms with Crippen molar-refractivity contribution in [2.45, 2.75) is 25.9 Å². The molecule has 2 heterocycles. The van der Waals surface area contributed by atoms with E-state index in [2.05, 4.69) is 14.8 Å². The molecule has 1 saturated heterocycles. The lowest BCUT2D eigenvalue weighted by molar-refractivity contribution is 0.169. The lowest BCUT2D eigenvalue weighted by atomic mass is 10.2. The second-order valence-electron chi connectivity index (χ2n) is 5.27. The van der Waals surface area contributed by atoms with Crippen LogP contribution in [0.3, 0.4) is 0 Å². The first-order chi connectivity index (χ1) is 9.74. The van der Waals surface area contributed by atoms with Gasteiger partial charge in [0.2, 0.25) is 0 Å². The maximum atomic E-state index is 9.76. The zero-order chi connectivity index (χ0) is 14.4. The Morgan fingerprint density at radius 2 is 2.10 bits per heavy atom. The van der Waals surface area contributed by atoms with Gasteiger partial charge < -0.3 is 15.1 Å². The van der Waals surface area contributed by atoms with E-state index in [9.17, 15) is 5.11 Å². The summed E-state index contributed by atoms with van der Waals surface area (Å²) in [5.41, 5.74) is 1.86. The van der Waals surface area contributed by atoms with E-state index in [4.69, 9.17) is 5.11 Å². The predicted molar refractivity (Wildman–Crippen MR) is 79.8 cm³/mol. The molecule has 2 rings (SSSR count). The van der Waals surface area contributed by atoms with E-state index >= 15 is 0 Å². The molecule has 1 aliphatic heterocycles. The number of β-amino-alcohol motifs (C(OH)–C–C–N with tert-alkyl or cyclic N) is 1. The van der Waals surface area contributed by atoms with Gasteiger partial charge in [0.25, 0.3) is 0 Å². The highest BCUT2D eigenvalue weighted by molar-refractivity contribution is 5.44. The molecule has 1 fully saturated rings. The third-order valence-electron chi connectivity index (χ3n) is 3.87. The highest BCUT2D eigenvalue weighted by Crippen LogP contribution is 2.19. The van der Waals surface area contributed by atoms with Gasteiger partial charge in [-0.15, -0.1) is 0 Å². The Labute approximate surface area is 120 Å². The molecule has 0 amide bonds. The number of aliphatic hydroxyl groups excluding tert-OH is 2. The molecule has 0 bridgehead atoms. The minimum absolute atomic E-state index is 0.227. The third kappa shape index (κ3) is 3.91. The largest absolute Gasteiger partial charge is 0.395 e. The molecule has 0 aromatic carbocycles. The number of pyridine rings is 1. The Morgan fingerprint density at radius 1 is 1.25 bits per heavy atom. The van der Waals surface area contributed by atoms with E-state index in [1.54, 1.807) is 0 Å². The van der Waals surface area contributed by atoms with Gasteiger partial charge >= 0.3 is 0 Å². The first kappa shape index (κ1) is 15.2. The second kappa shape index (κ2) is 7.57. The van der Waals surface area contributed by atoms with Crippen molar-refractivity contribution in [3.8, 4) is 0 Å². The monoisotopic (exact) mass is 279 g/mol. The highest BCUT2D eigenvalue weighted by Gasteiger charge is 2.15. The minimum Gasteiger partial charge on any atom is -0.395 e. The summed E-state index contributed by atoms with van der Waals surface area (Å²) in [7, 11) is 0. The van der Waals surface area contributed by atoms with Crippen LogP contribution in [0.25, 0.3) is 0 Å². The van der Waals surface area contributed by atoms with Crippen LogP contribution in [0.1, 0.15) is 31.6 Å². The summed E-state index contributed by atoms with van der Waals surface area (Å²) in [5.74, 6) is 0. The third-order valence-corrected chi connectivity index (χ3v) is 3.87. The van der Waals surface area contributed by atoms with Gasteiger partial charge in [0, 0.05) is 26.2 Å². The molecule has 1 aromatic rings. The van der Waals surface area contributed by atoms with Crippen molar-refractivity contribution in [1.29, 1.82) is 0 Å². The Bertz CT molecular complexity index is 397. The van der Waals surface area contributed by atoms with E-state index in [-0.39, 0.29) is 6.61 Å². The maximum Gasteiger partial charge on any atom is 0.0957 e. The minimum atomic E-state index is -0.465. The zero-order valence-electron chi connectivity index (χ0n) is 12.2. The molecular weight excluding hydrogens is 254 g/mol. The zero-order valence-corrected chi connectivity index (χ0v) is 12.2. The van der Waals surface area contributed by atoms with Crippen LogP contribution in [0.4, 0.5) is 5.69 Å². The maximum absolute atomic E-state index is 9.76. The Morgan fingerprint density at radius 3 is 2.75 bits per heavy atom. The van der Waals surface area contributed by atoms with Gasteiger partial charge in [-0.3, -0.25) is 9.88 Å². The van der Waals surface area contributed by atoms with E-state index in [1.807, 2.05) is 25.3 Å². The molecule has 20 heavy (non-hydrogen) atoms. The van der Waals surface area contributed by atoms with Gasteiger partial charge in [-0.2, -0.15) is 0 Å². The van der Waals surface area contributed by atoms with E-state index < -0.39 is 6.10 Å². The van der Waals surface area contributed by atoms with Crippen LogP contribution >= 0.6 is 0 Å². The van der Waals surface area contributed by atoms with Crippen molar-refractivity contribution >= 4 is 5.69 Å². The van der Waals surface area contributed by atoms with Gasteiger partial charge in [0.1, 0.15) is 0 Å². The van der Waals surface area contributed by atoms with Crippen LogP contribution < -0.4 is 4.90 Å². The number of aliphatic hydroxyl groups is 2. The number of anilines is 1. The van der Waals surface area contributed by atoms with Crippen LogP contribution in [0.5, 0.6) is 0 Å². The lowest BCUT2D eigenvalue weighted by Crippen LogP contribution is -2.32. The standard InChI is InChI=1S/C15H25N3O2/c1-2-15(20)14-5-4-13(12-16-14)18-7-3-6-17(8-9-18)10-11-19/h4-5,12,15,19-20H,2-3,6-11H2,1H3/t15-/m0/s1. The fourth-order valence-electron chi connectivity index (χ4n) is 2.58. The van der Waals surface area contributed by atoms with Crippen molar-refractivity contribution < 1.29 is 10.2 Å². The van der Waals surface area contributed by atoms with E-state index in [0.29, 0.717) is 6.42 Å². The van der Waals surface area contributed by atoms with Crippen molar-refractivity contribution in [1.82, 2.24) is 9.88 Å². The van der Waals surface area contributed by atoms with Crippen LogP contribution in [-0.2, 0) is 0 Å². The summed E-state index contributed by atoms with van der Waals surface area (Å²) >= 11 is 0. The van der Waals surface area contributed by atoms with Gasteiger partial charge in [-0.25, -0.2) is 0 Å². The van der Waals surface area contributed by atoms with Gasteiger partial charge in [0.05, 0.1) is 30.3 Å². The normalized spacial score (nSPS) is 18.9. The molecule has 5 heteroatoms. The molecule has 112 valence electrons. The smallest absolute Gasteiger partial charge is 0.0957 e. The van der Waals surface area contributed by atoms with E-state index in [0.717, 1.165) is 50.5 Å². The molecule has 0 saturated carbocycles. The number of aromatic nitrogens is 1. The Hall–Kier alpha value is -1.17. The summed E-state index contributed by atoms with van der Waals surface area (Å²) in [6, 6.07) is 3.96. The number of rotatable bonds is 5. The second-order valence-corrected chi connectivity index (χ2v) is 5.27. The molecule has 0 unspecified atom stereocenters. The number of hydrogen-bond donors (Lipinski definition) is 2. The van der Waals surface area contributed by atoms with Crippen molar-refractivity contribution in [2.75, 3.05) is 44.2 Å². The molecule has 1 aliphatic rings. The van der Waals surface area contributed by atoms with E-state index in [1.165, 1.54) is 0 Å². The molecular formula is C15H25N3O2. The summed E-state index contributed by atoms with van der Waals surface area (Å²) in [5, 5.41) is 18.8. The molecule has 1 atom stereocenters. The summed E-state index contributed by atoms with van der Waals surface area (Å²) in [4.78, 5) is 8.99. The van der Waals surface area contributed by atoms with Crippen LogP contribution in [0, 0.1) is 0 Å². The quantitative estimate of drug-likeness (QED) is 0.843. The molecule has 0 spiro atoms. The Balaban J connectivity index is 1.97. The van der Waals surface area contributed by atoms with Crippen molar-refractivity contribution in [2.24, 2.45) is 0 Å². The average Bonchev–Trinajstić information content (AvgIpc) is 2.73. The SMILES string of the molecule is CC[C@H](O)c1ccc(N2CCCN(CCO)CC2)cn1. The molecule has 0 radical (unpaired) electrons. The fourth-order valence-corrected chi connectivity index (χ4v) is 2.58. The van der Waals surface area contributed by atoms with Crippen molar-refractivity contribution in [3.05, 3.63) is 24.0 Å². The van der Waals surface area contributed by atoms with Crippen molar-refractivity contribution in [3.63, 3.8) is 0 Å². The fraction of sp³-hybridized carbons (Fsp3) is 0.667. The number of nitrogens with zero attached hydrogens (tertiary/aromatic N) is 3. The topological polar surface area (TPSA) is 59.8 Å².